The smallest absolute Gasteiger partial charge is 0.154 e. The molecule has 0 fully saturated rings. The Morgan fingerprint density at radius 2 is 2.07 bits per heavy atom. The lowest BCUT2D eigenvalue weighted by molar-refractivity contribution is -0.112. The van der Waals surface area contributed by atoms with Crippen LogP contribution in [0.2, 0.25) is 10.0 Å². The van der Waals surface area contributed by atoms with Gasteiger partial charge >= 0.3 is 0 Å². The van der Waals surface area contributed by atoms with Crippen LogP contribution in [0.1, 0.15) is 6.92 Å². The molecule has 0 aromatic heterocycles. The van der Waals surface area contributed by atoms with Gasteiger partial charge in [0.05, 0.1) is 10.0 Å². The van der Waals surface area contributed by atoms with Crippen molar-refractivity contribution in [3.63, 3.8) is 0 Å². The zero-order valence-electron chi connectivity index (χ0n) is 7.55. The van der Waals surface area contributed by atoms with E-state index in [0.717, 1.165) is 5.69 Å². The molecule has 74 valence electrons. The maximum atomic E-state index is 10.6. The number of rotatable bonds is 3. The molecule has 4 heteroatoms. The maximum absolute atomic E-state index is 10.6. The van der Waals surface area contributed by atoms with Crippen LogP contribution in [0.25, 0.3) is 0 Å². The predicted octanol–water partition coefficient (Wildman–Crippen LogP) is 3.51. The number of carbonyl (C=O) groups is 1. The maximum Gasteiger partial charge on any atom is 0.154 e. The molecule has 0 atom stereocenters. The standard InChI is InChI=1S/C10H9Cl2NO/c1-7(14)4-5-13-8-2-3-9(11)10(12)6-8/h2-6,13H,1H3/b5-4+. The number of nitrogens with one attached hydrogen (secondary N) is 1. The summed E-state index contributed by atoms with van der Waals surface area (Å²) in [7, 11) is 0. The molecule has 2 nitrogen and oxygen atoms in total. The fraction of sp³-hybridized carbons (Fsp3) is 0.100. The van der Waals surface area contributed by atoms with Gasteiger partial charge in [-0.1, -0.05) is 23.2 Å². The van der Waals surface area contributed by atoms with Crippen LogP contribution < -0.4 is 5.32 Å². The van der Waals surface area contributed by atoms with Crippen LogP contribution in [-0.2, 0) is 4.79 Å². The van der Waals surface area contributed by atoms with Gasteiger partial charge < -0.3 is 5.32 Å². The van der Waals surface area contributed by atoms with Gasteiger partial charge in [-0.3, -0.25) is 4.79 Å². The molecule has 0 aliphatic rings. The molecular weight excluding hydrogens is 221 g/mol. The first-order chi connectivity index (χ1) is 6.59. The highest BCUT2D eigenvalue weighted by molar-refractivity contribution is 6.42. The lowest BCUT2D eigenvalue weighted by Gasteiger charge is -2.01. The van der Waals surface area contributed by atoms with Crippen LogP contribution >= 0.6 is 23.2 Å². The van der Waals surface area contributed by atoms with Crippen molar-refractivity contribution >= 4 is 34.7 Å². The van der Waals surface area contributed by atoms with Crippen LogP contribution in [0.3, 0.4) is 0 Å². The predicted molar refractivity (Wildman–Crippen MR) is 59.9 cm³/mol. The van der Waals surface area contributed by atoms with Crippen molar-refractivity contribution < 1.29 is 4.79 Å². The minimum Gasteiger partial charge on any atom is -0.362 e. The van der Waals surface area contributed by atoms with Gasteiger partial charge in [-0.2, -0.15) is 0 Å². The highest BCUT2D eigenvalue weighted by Crippen LogP contribution is 2.24. The molecule has 0 heterocycles. The number of hydrogen-bond donors (Lipinski definition) is 1. The van der Waals surface area contributed by atoms with E-state index in [1.54, 1.807) is 24.4 Å². The van der Waals surface area contributed by atoms with E-state index in [1.807, 2.05) is 0 Å². The molecule has 0 amide bonds. The van der Waals surface area contributed by atoms with Gasteiger partial charge in [0.15, 0.2) is 5.78 Å². The molecule has 0 saturated carbocycles. The zero-order valence-corrected chi connectivity index (χ0v) is 9.06. The third-order valence-electron chi connectivity index (χ3n) is 1.49. The minimum absolute atomic E-state index is 0.0161. The number of carbonyl (C=O) groups excluding carboxylic acids is 1. The monoisotopic (exact) mass is 229 g/mol. The average Bonchev–Trinajstić information content (AvgIpc) is 2.10. The van der Waals surface area contributed by atoms with Crippen LogP contribution in [0.5, 0.6) is 0 Å². The Morgan fingerprint density at radius 3 is 2.64 bits per heavy atom. The summed E-state index contributed by atoms with van der Waals surface area (Å²) in [6.07, 6.45) is 2.99. The van der Waals surface area contributed by atoms with Crippen LogP contribution in [0, 0.1) is 0 Å². The highest BCUT2D eigenvalue weighted by Gasteiger charge is 1.97. The molecule has 0 bridgehead atoms. The third kappa shape index (κ3) is 3.40. The van der Waals surface area contributed by atoms with Gasteiger partial charge in [0.2, 0.25) is 0 Å². The van der Waals surface area contributed by atoms with Crippen molar-refractivity contribution in [2.75, 3.05) is 5.32 Å². The van der Waals surface area contributed by atoms with Gasteiger partial charge in [0, 0.05) is 11.9 Å². The Labute approximate surface area is 92.5 Å². The van der Waals surface area contributed by atoms with Crippen molar-refractivity contribution in [3.8, 4) is 0 Å². The number of hydrogen-bond acceptors (Lipinski definition) is 2. The Hall–Kier alpha value is -0.990. The zero-order chi connectivity index (χ0) is 10.6. The molecule has 1 aromatic carbocycles. The highest BCUT2D eigenvalue weighted by atomic mass is 35.5. The summed E-state index contributed by atoms with van der Waals surface area (Å²) in [4.78, 5) is 10.6. The van der Waals surface area contributed by atoms with E-state index in [1.165, 1.54) is 13.0 Å². The average molecular weight is 230 g/mol. The lowest BCUT2D eigenvalue weighted by Crippen LogP contribution is -1.89. The molecule has 0 radical (unpaired) electrons. The first kappa shape index (κ1) is 11.1. The van der Waals surface area contributed by atoms with Gasteiger partial charge in [0.1, 0.15) is 0 Å². The summed E-state index contributed by atoms with van der Waals surface area (Å²) in [6, 6.07) is 5.15. The Bertz CT molecular complexity index is 374. The molecule has 1 aromatic rings. The number of ketones is 1. The minimum atomic E-state index is -0.0161. The van der Waals surface area contributed by atoms with Gasteiger partial charge in [-0.15, -0.1) is 0 Å². The van der Waals surface area contributed by atoms with E-state index in [0.29, 0.717) is 10.0 Å². The normalized spacial score (nSPS) is 10.5. The van der Waals surface area contributed by atoms with Crippen LogP contribution in [-0.4, -0.2) is 5.78 Å². The van der Waals surface area contributed by atoms with E-state index in [-0.39, 0.29) is 5.78 Å². The van der Waals surface area contributed by atoms with Gasteiger partial charge in [0.25, 0.3) is 0 Å². The summed E-state index contributed by atoms with van der Waals surface area (Å²) >= 11 is 11.5. The summed E-state index contributed by atoms with van der Waals surface area (Å²) < 4.78 is 0. The Balaban J connectivity index is 2.69. The van der Waals surface area contributed by atoms with Crippen molar-refractivity contribution in [3.05, 3.63) is 40.5 Å². The topological polar surface area (TPSA) is 29.1 Å². The number of benzene rings is 1. The number of allylic oxidation sites excluding steroid dienone is 1. The Morgan fingerprint density at radius 1 is 1.36 bits per heavy atom. The van der Waals surface area contributed by atoms with Crippen molar-refractivity contribution in [1.29, 1.82) is 0 Å². The van der Waals surface area contributed by atoms with E-state index >= 15 is 0 Å². The second-order valence-electron chi connectivity index (χ2n) is 2.72. The number of halogens is 2. The summed E-state index contributed by atoms with van der Waals surface area (Å²) in [5, 5.41) is 3.89. The SMILES string of the molecule is CC(=O)/C=C/Nc1ccc(Cl)c(Cl)c1. The first-order valence-corrected chi connectivity index (χ1v) is 4.74. The molecule has 1 rings (SSSR count). The van der Waals surface area contributed by atoms with Crippen LogP contribution in [0.15, 0.2) is 30.5 Å². The molecule has 14 heavy (non-hydrogen) atoms. The summed E-state index contributed by atoms with van der Waals surface area (Å²) in [5.41, 5.74) is 0.789. The molecule has 0 aliphatic heterocycles. The van der Waals surface area contributed by atoms with Crippen molar-refractivity contribution in [1.82, 2.24) is 0 Å². The second-order valence-corrected chi connectivity index (χ2v) is 3.53. The third-order valence-corrected chi connectivity index (χ3v) is 2.23. The largest absolute Gasteiger partial charge is 0.362 e. The van der Waals surface area contributed by atoms with Crippen LogP contribution in [0.4, 0.5) is 5.69 Å². The first-order valence-electron chi connectivity index (χ1n) is 3.98. The van der Waals surface area contributed by atoms with E-state index < -0.39 is 0 Å². The van der Waals surface area contributed by atoms with E-state index in [4.69, 9.17) is 23.2 Å². The molecular formula is C10H9Cl2NO. The fourth-order valence-electron chi connectivity index (χ4n) is 0.841. The van der Waals surface area contributed by atoms with Gasteiger partial charge in [-0.25, -0.2) is 0 Å². The second kappa shape index (κ2) is 5.03. The lowest BCUT2D eigenvalue weighted by atomic mass is 10.3. The van der Waals surface area contributed by atoms with E-state index in [9.17, 15) is 4.79 Å². The number of anilines is 1. The van der Waals surface area contributed by atoms with Gasteiger partial charge in [-0.05, 0) is 31.2 Å². The molecule has 0 aliphatic carbocycles. The fourth-order valence-corrected chi connectivity index (χ4v) is 1.14. The summed E-state index contributed by atoms with van der Waals surface area (Å²) in [6.45, 7) is 1.48. The molecule has 1 N–H and O–H groups in total. The molecule has 0 unspecified atom stereocenters. The quantitative estimate of drug-likeness (QED) is 0.805. The molecule has 0 saturated heterocycles. The Kier molecular flexibility index (Phi) is 3.98. The molecule has 0 spiro atoms. The van der Waals surface area contributed by atoms with Crippen molar-refractivity contribution in [2.45, 2.75) is 6.92 Å². The van der Waals surface area contributed by atoms with Crippen molar-refractivity contribution in [2.24, 2.45) is 0 Å². The van der Waals surface area contributed by atoms with E-state index in [2.05, 4.69) is 5.32 Å². The summed E-state index contributed by atoms with van der Waals surface area (Å²) in [5.74, 6) is -0.0161.